The van der Waals surface area contributed by atoms with E-state index in [1.54, 1.807) is 0 Å². The van der Waals surface area contributed by atoms with Crippen molar-refractivity contribution in [1.29, 1.82) is 0 Å². The zero-order valence-electron chi connectivity index (χ0n) is 11.5. The van der Waals surface area contributed by atoms with Gasteiger partial charge in [0.05, 0.1) is 5.52 Å². The van der Waals surface area contributed by atoms with Gasteiger partial charge in [0, 0.05) is 28.3 Å². The summed E-state index contributed by atoms with van der Waals surface area (Å²) in [6.07, 6.45) is 6.12. The van der Waals surface area contributed by atoms with Crippen LogP contribution < -0.4 is 5.32 Å². The third-order valence-corrected chi connectivity index (χ3v) is 4.73. The fourth-order valence-electron chi connectivity index (χ4n) is 3.07. The zero-order valence-corrected chi connectivity index (χ0v) is 13.1. The molecule has 1 aliphatic rings. The van der Waals surface area contributed by atoms with Crippen molar-refractivity contribution in [3.63, 3.8) is 0 Å². The van der Waals surface area contributed by atoms with Gasteiger partial charge in [-0.1, -0.05) is 28.4 Å². The van der Waals surface area contributed by atoms with Crippen LogP contribution in [0.3, 0.4) is 0 Å². The van der Waals surface area contributed by atoms with E-state index < -0.39 is 0 Å². The topological polar surface area (TPSA) is 24.9 Å². The first kappa shape index (κ1) is 12.9. The van der Waals surface area contributed by atoms with Gasteiger partial charge in [-0.2, -0.15) is 0 Å². The lowest BCUT2D eigenvalue weighted by molar-refractivity contribution is 0.709. The van der Waals surface area contributed by atoms with Crippen LogP contribution >= 0.6 is 15.9 Å². The SMILES string of the molecule is CNc1c2c(nc3c(C)ccc(Br)c13)CCCCC2. The smallest absolute Gasteiger partial charge is 0.0766 e. The van der Waals surface area contributed by atoms with Crippen molar-refractivity contribution in [3.8, 4) is 0 Å². The van der Waals surface area contributed by atoms with Crippen LogP contribution in [-0.2, 0) is 12.8 Å². The molecule has 3 heteroatoms. The van der Waals surface area contributed by atoms with Crippen molar-refractivity contribution >= 4 is 32.5 Å². The molecule has 0 atom stereocenters. The predicted molar refractivity (Wildman–Crippen MR) is 85.0 cm³/mol. The highest BCUT2D eigenvalue weighted by Gasteiger charge is 2.18. The molecular weight excluding hydrogens is 300 g/mol. The molecule has 0 saturated heterocycles. The lowest BCUT2D eigenvalue weighted by Crippen LogP contribution is -2.04. The van der Waals surface area contributed by atoms with Gasteiger partial charge in [0.25, 0.3) is 0 Å². The largest absolute Gasteiger partial charge is 0.387 e. The first-order valence-corrected chi connectivity index (χ1v) is 7.80. The minimum atomic E-state index is 1.12. The van der Waals surface area contributed by atoms with Gasteiger partial charge in [-0.25, -0.2) is 0 Å². The summed E-state index contributed by atoms with van der Waals surface area (Å²) in [6, 6.07) is 4.27. The molecule has 0 spiro atoms. The van der Waals surface area contributed by atoms with E-state index in [2.05, 4.69) is 40.3 Å². The quantitative estimate of drug-likeness (QED) is 0.776. The summed E-state index contributed by atoms with van der Waals surface area (Å²) < 4.78 is 1.14. The molecule has 0 unspecified atom stereocenters. The second-order valence-corrected chi connectivity index (χ2v) is 6.16. The van der Waals surface area contributed by atoms with E-state index in [4.69, 9.17) is 4.98 Å². The van der Waals surface area contributed by atoms with E-state index >= 15 is 0 Å². The first-order chi connectivity index (χ1) is 9.22. The first-order valence-electron chi connectivity index (χ1n) is 7.00. The van der Waals surface area contributed by atoms with Crippen molar-refractivity contribution in [1.82, 2.24) is 4.98 Å². The van der Waals surface area contributed by atoms with Crippen molar-refractivity contribution in [2.75, 3.05) is 12.4 Å². The molecule has 1 N–H and O–H groups in total. The molecule has 1 aromatic heterocycles. The lowest BCUT2D eigenvalue weighted by Gasteiger charge is -2.17. The van der Waals surface area contributed by atoms with Gasteiger partial charge in [-0.3, -0.25) is 4.98 Å². The van der Waals surface area contributed by atoms with Crippen LogP contribution in [0.5, 0.6) is 0 Å². The Bertz CT molecular complexity index is 634. The minimum Gasteiger partial charge on any atom is -0.387 e. The molecule has 3 rings (SSSR count). The van der Waals surface area contributed by atoms with E-state index in [0.29, 0.717) is 0 Å². The number of nitrogens with zero attached hydrogens (tertiary/aromatic N) is 1. The van der Waals surface area contributed by atoms with Crippen LogP contribution in [0.1, 0.15) is 36.1 Å². The third kappa shape index (κ3) is 2.14. The summed E-state index contributed by atoms with van der Waals surface area (Å²) in [5, 5.41) is 4.66. The molecule has 0 saturated carbocycles. The highest BCUT2D eigenvalue weighted by atomic mass is 79.9. The van der Waals surface area contributed by atoms with Crippen molar-refractivity contribution in [3.05, 3.63) is 33.4 Å². The maximum Gasteiger partial charge on any atom is 0.0766 e. The van der Waals surface area contributed by atoms with Gasteiger partial charge < -0.3 is 5.32 Å². The highest BCUT2D eigenvalue weighted by molar-refractivity contribution is 9.10. The second-order valence-electron chi connectivity index (χ2n) is 5.31. The molecular formula is C16H19BrN2. The van der Waals surface area contributed by atoms with Crippen LogP contribution in [0.2, 0.25) is 0 Å². The van der Waals surface area contributed by atoms with Gasteiger partial charge in [0.2, 0.25) is 0 Å². The number of rotatable bonds is 1. The van der Waals surface area contributed by atoms with Crippen LogP contribution in [0.15, 0.2) is 16.6 Å². The third-order valence-electron chi connectivity index (χ3n) is 4.07. The molecule has 0 amide bonds. The van der Waals surface area contributed by atoms with Gasteiger partial charge in [0.15, 0.2) is 0 Å². The number of hydrogen-bond acceptors (Lipinski definition) is 2. The molecule has 0 radical (unpaired) electrons. The average Bonchev–Trinajstić information content (AvgIpc) is 2.66. The number of nitrogens with one attached hydrogen (secondary N) is 1. The fourth-order valence-corrected chi connectivity index (χ4v) is 3.59. The number of aromatic nitrogens is 1. The summed E-state index contributed by atoms with van der Waals surface area (Å²) in [6.45, 7) is 2.14. The Hall–Kier alpha value is -1.09. The van der Waals surface area contributed by atoms with E-state index in [-0.39, 0.29) is 0 Å². The van der Waals surface area contributed by atoms with Crippen LogP contribution in [0.25, 0.3) is 10.9 Å². The molecule has 19 heavy (non-hydrogen) atoms. The van der Waals surface area contributed by atoms with Crippen molar-refractivity contribution in [2.45, 2.75) is 39.0 Å². The van der Waals surface area contributed by atoms with Crippen molar-refractivity contribution < 1.29 is 0 Å². The summed E-state index contributed by atoms with van der Waals surface area (Å²) in [4.78, 5) is 4.97. The molecule has 1 aromatic carbocycles. The Morgan fingerprint density at radius 1 is 1.16 bits per heavy atom. The van der Waals surface area contributed by atoms with E-state index in [0.717, 1.165) is 22.8 Å². The van der Waals surface area contributed by atoms with E-state index in [1.165, 1.54) is 47.2 Å². The normalized spacial score (nSPS) is 15.1. The number of pyridine rings is 1. The van der Waals surface area contributed by atoms with Crippen LogP contribution in [-0.4, -0.2) is 12.0 Å². The minimum absolute atomic E-state index is 1.12. The summed E-state index contributed by atoms with van der Waals surface area (Å²) >= 11 is 3.69. The fraction of sp³-hybridized carbons (Fsp3) is 0.438. The number of aryl methyl sites for hydroxylation is 2. The number of halogens is 1. The number of fused-ring (bicyclic) bond motifs is 2. The van der Waals surface area contributed by atoms with E-state index in [9.17, 15) is 0 Å². The maximum absolute atomic E-state index is 4.97. The summed E-state index contributed by atoms with van der Waals surface area (Å²) in [7, 11) is 2.02. The van der Waals surface area contributed by atoms with Gasteiger partial charge in [0.1, 0.15) is 0 Å². The Kier molecular flexibility index (Phi) is 3.48. The lowest BCUT2D eigenvalue weighted by atomic mass is 10.0. The molecule has 0 fully saturated rings. The van der Waals surface area contributed by atoms with Gasteiger partial charge >= 0.3 is 0 Å². The molecule has 0 bridgehead atoms. The highest BCUT2D eigenvalue weighted by Crippen LogP contribution is 2.37. The summed E-state index contributed by atoms with van der Waals surface area (Å²) in [5.74, 6) is 0. The van der Waals surface area contributed by atoms with Crippen LogP contribution in [0, 0.1) is 6.92 Å². The zero-order chi connectivity index (χ0) is 13.4. The average molecular weight is 319 g/mol. The van der Waals surface area contributed by atoms with Crippen molar-refractivity contribution in [2.24, 2.45) is 0 Å². The number of hydrogen-bond donors (Lipinski definition) is 1. The predicted octanol–water partition coefficient (Wildman–Crippen LogP) is 4.62. The molecule has 2 nitrogen and oxygen atoms in total. The second kappa shape index (κ2) is 5.12. The molecule has 2 aromatic rings. The summed E-state index contributed by atoms with van der Waals surface area (Å²) in [5.41, 5.74) is 6.40. The van der Waals surface area contributed by atoms with Gasteiger partial charge in [-0.05, 0) is 49.8 Å². The molecule has 1 heterocycles. The Morgan fingerprint density at radius 3 is 2.74 bits per heavy atom. The Labute approximate surface area is 122 Å². The molecule has 0 aliphatic heterocycles. The van der Waals surface area contributed by atoms with Gasteiger partial charge in [-0.15, -0.1) is 0 Å². The maximum atomic E-state index is 4.97. The standard InChI is InChI=1S/C16H19BrN2/c1-10-8-9-12(17)14-15(10)19-13-7-5-3-4-6-11(13)16(14)18-2/h8-9H,3-7H2,1-2H3,(H,18,19). The van der Waals surface area contributed by atoms with E-state index in [1.807, 2.05) is 7.05 Å². The molecule has 100 valence electrons. The number of anilines is 1. The Morgan fingerprint density at radius 2 is 1.95 bits per heavy atom. The van der Waals surface area contributed by atoms with Crippen LogP contribution in [0.4, 0.5) is 5.69 Å². The monoisotopic (exact) mass is 318 g/mol. The molecule has 1 aliphatic carbocycles. The number of benzene rings is 1. The Balaban J connectivity index is 2.39.